The fraction of sp³-hybridized carbons (Fsp3) is 0.364. The molecule has 0 aromatic heterocycles. The van der Waals surface area contributed by atoms with Crippen LogP contribution in [0, 0.1) is 5.82 Å². The fourth-order valence-electron chi connectivity index (χ4n) is 1.14. The maximum Gasteiger partial charge on any atom is 0.422 e. The highest BCUT2D eigenvalue weighted by atomic mass is 32.2. The summed E-state index contributed by atoms with van der Waals surface area (Å²) >= 11 is 0. The number of carbonyl (C=O) groups excluding carboxylic acids is 1. The van der Waals surface area contributed by atoms with Crippen molar-refractivity contribution in [2.24, 2.45) is 0 Å². The molecule has 0 spiro atoms. The van der Waals surface area contributed by atoms with E-state index in [1.54, 1.807) is 25.5 Å². The van der Waals surface area contributed by atoms with E-state index in [0.717, 1.165) is 6.07 Å². The molecular weight excluding hydrogens is 275 g/mol. The number of amides is 1. The van der Waals surface area contributed by atoms with E-state index in [-0.39, 0.29) is 5.69 Å². The Hall–Kier alpha value is -1.83. The van der Waals surface area contributed by atoms with Gasteiger partial charge in [-0.15, -0.1) is 0 Å². The van der Waals surface area contributed by atoms with Gasteiger partial charge in [0.05, 0.1) is 5.69 Å². The van der Waals surface area contributed by atoms with E-state index in [1.807, 2.05) is 4.72 Å². The van der Waals surface area contributed by atoms with Gasteiger partial charge in [0.2, 0.25) is 0 Å². The maximum atomic E-state index is 12.9. The van der Waals surface area contributed by atoms with E-state index in [1.165, 1.54) is 18.2 Å². The highest BCUT2D eigenvalue weighted by molar-refractivity contribution is 7.91. The molecule has 6 nitrogen and oxygen atoms in total. The lowest BCUT2D eigenvalue weighted by Crippen LogP contribution is -2.39. The van der Waals surface area contributed by atoms with Crippen LogP contribution in [-0.2, 0) is 14.9 Å². The summed E-state index contributed by atoms with van der Waals surface area (Å²) in [6.45, 7) is 4.79. The maximum absolute atomic E-state index is 12.9. The summed E-state index contributed by atoms with van der Waals surface area (Å²) < 4.78 is 44.5. The molecular formula is C11H15FN2O4S. The van der Waals surface area contributed by atoms with Gasteiger partial charge in [-0.3, -0.25) is 4.72 Å². The smallest absolute Gasteiger partial charge is 0.422 e. The molecule has 0 atom stereocenters. The van der Waals surface area contributed by atoms with Gasteiger partial charge in [0.25, 0.3) is 0 Å². The number of carbonyl (C=O) groups is 1. The molecule has 0 saturated heterocycles. The van der Waals surface area contributed by atoms with Crippen molar-refractivity contribution in [1.29, 1.82) is 0 Å². The van der Waals surface area contributed by atoms with Gasteiger partial charge in [-0.05, 0) is 39.0 Å². The summed E-state index contributed by atoms with van der Waals surface area (Å²) in [5.74, 6) is -0.600. The standard InChI is InChI=1S/C11H15FN2O4S/c1-11(2,3)18-10(15)14-19(16,17)13-9-6-4-5-8(12)7-9/h4-7,13H,1-3H3,(H,14,15). The summed E-state index contributed by atoms with van der Waals surface area (Å²) in [7, 11) is -4.16. The van der Waals surface area contributed by atoms with Gasteiger partial charge in [0.15, 0.2) is 0 Å². The van der Waals surface area contributed by atoms with Crippen LogP contribution in [0.4, 0.5) is 14.9 Å². The average Bonchev–Trinajstić information content (AvgIpc) is 2.11. The van der Waals surface area contributed by atoms with Crippen LogP contribution in [0.15, 0.2) is 24.3 Å². The van der Waals surface area contributed by atoms with Gasteiger partial charge in [-0.25, -0.2) is 13.9 Å². The number of benzene rings is 1. The number of anilines is 1. The van der Waals surface area contributed by atoms with Gasteiger partial charge >= 0.3 is 16.3 Å². The van der Waals surface area contributed by atoms with E-state index < -0.39 is 27.7 Å². The first-order chi connectivity index (χ1) is 8.57. The zero-order valence-corrected chi connectivity index (χ0v) is 11.5. The Morgan fingerprint density at radius 1 is 1.32 bits per heavy atom. The molecule has 0 aliphatic heterocycles. The third-order valence-electron chi connectivity index (χ3n) is 1.69. The lowest BCUT2D eigenvalue weighted by molar-refractivity contribution is 0.0570. The normalized spacial score (nSPS) is 11.8. The Balaban J connectivity index is 2.70. The van der Waals surface area contributed by atoms with Crippen LogP contribution in [-0.4, -0.2) is 20.1 Å². The van der Waals surface area contributed by atoms with Crippen molar-refractivity contribution in [3.63, 3.8) is 0 Å². The molecule has 1 aromatic carbocycles. The predicted octanol–water partition coefficient (Wildman–Crippen LogP) is 2.01. The highest BCUT2D eigenvalue weighted by Crippen LogP contribution is 2.11. The van der Waals surface area contributed by atoms with E-state index in [4.69, 9.17) is 4.74 Å². The van der Waals surface area contributed by atoms with Crippen LogP contribution in [0.1, 0.15) is 20.8 Å². The largest absolute Gasteiger partial charge is 0.443 e. The van der Waals surface area contributed by atoms with Crippen molar-refractivity contribution in [2.45, 2.75) is 26.4 Å². The average molecular weight is 290 g/mol. The lowest BCUT2D eigenvalue weighted by Gasteiger charge is -2.19. The zero-order valence-electron chi connectivity index (χ0n) is 10.7. The Morgan fingerprint density at radius 3 is 2.47 bits per heavy atom. The van der Waals surface area contributed by atoms with Crippen LogP contribution < -0.4 is 9.44 Å². The molecule has 1 rings (SSSR count). The number of hydrogen-bond donors (Lipinski definition) is 2. The Labute approximate surface area is 111 Å². The summed E-state index contributed by atoms with van der Waals surface area (Å²) in [5.41, 5.74) is -0.825. The van der Waals surface area contributed by atoms with E-state index in [0.29, 0.717) is 0 Å². The fourth-order valence-corrected chi connectivity index (χ4v) is 1.89. The Bertz CT molecular complexity index is 566. The molecule has 0 aliphatic rings. The lowest BCUT2D eigenvalue weighted by atomic mass is 10.2. The molecule has 0 aliphatic carbocycles. The van der Waals surface area contributed by atoms with Gasteiger partial charge in [0, 0.05) is 0 Å². The Kier molecular flexibility index (Phi) is 4.35. The first-order valence-electron chi connectivity index (χ1n) is 5.36. The molecule has 19 heavy (non-hydrogen) atoms. The first-order valence-corrected chi connectivity index (χ1v) is 6.85. The van der Waals surface area contributed by atoms with Crippen molar-refractivity contribution in [1.82, 2.24) is 4.72 Å². The molecule has 0 fully saturated rings. The second-order valence-electron chi connectivity index (χ2n) is 4.72. The molecule has 1 amide bonds. The minimum atomic E-state index is -4.16. The minimum absolute atomic E-state index is 0.00365. The van der Waals surface area contributed by atoms with Crippen molar-refractivity contribution >= 4 is 22.0 Å². The van der Waals surface area contributed by atoms with Crippen molar-refractivity contribution in [3.05, 3.63) is 30.1 Å². The van der Waals surface area contributed by atoms with Gasteiger partial charge in [-0.1, -0.05) is 6.07 Å². The van der Waals surface area contributed by atoms with E-state index in [2.05, 4.69) is 0 Å². The summed E-state index contributed by atoms with van der Waals surface area (Å²) in [6.07, 6.45) is -1.11. The van der Waals surface area contributed by atoms with Crippen LogP contribution >= 0.6 is 0 Å². The zero-order chi connectivity index (χ0) is 14.7. The Morgan fingerprint density at radius 2 is 1.95 bits per heavy atom. The van der Waals surface area contributed by atoms with Crippen molar-refractivity contribution in [2.75, 3.05) is 4.72 Å². The highest BCUT2D eigenvalue weighted by Gasteiger charge is 2.21. The van der Waals surface area contributed by atoms with Crippen LogP contribution in [0.3, 0.4) is 0 Å². The molecule has 106 valence electrons. The molecule has 0 unspecified atom stereocenters. The molecule has 0 heterocycles. The SMILES string of the molecule is CC(C)(C)OC(=O)NS(=O)(=O)Nc1cccc(F)c1. The third-order valence-corrected chi connectivity index (χ3v) is 2.63. The molecule has 8 heteroatoms. The summed E-state index contributed by atoms with van der Waals surface area (Å²) in [6, 6.07) is 4.82. The third kappa shape index (κ3) is 6.05. The van der Waals surface area contributed by atoms with E-state index in [9.17, 15) is 17.6 Å². The second-order valence-corrected chi connectivity index (χ2v) is 6.13. The topological polar surface area (TPSA) is 84.5 Å². The predicted molar refractivity (Wildman–Crippen MR) is 68.3 cm³/mol. The van der Waals surface area contributed by atoms with E-state index >= 15 is 0 Å². The van der Waals surface area contributed by atoms with Crippen molar-refractivity contribution < 1.29 is 22.3 Å². The molecule has 0 bridgehead atoms. The number of halogens is 1. The second kappa shape index (κ2) is 5.43. The molecule has 1 aromatic rings. The molecule has 0 saturated carbocycles. The monoisotopic (exact) mass is 290 g/mol. The molecule has 0 radical (unpaired) electrons. The number of ether oxygens (including phenoxy) is 1. The number of rotatable bonds is 3. The van der Waals surface area contributed by atoms with Crippen LogP contribution in [0.25, 0.3) is 0 Å². The first kappa shape index (κ1) is 15.2. The number of nitrogens with one attached hydrogen (secondary N) is 2. The molecule has 2 N–H and O–H groups in total. The minimum Gasteiger partial charge on any atom is -0.443 e. The summed E-state index contributed by atoms with van der Waals surface area (Å²) in [5, 5.41) is 0. The van der Waals surface area contributed by atoms with Crippen LogP contribution in [0.5, 0.6) is 0 Å². The quantitative estimate of drug-likeness (QED) is 0.891. The van der Waals surface area contributed by atoms with Crippen LogP contribution in [0.2, 0.25) is 0 Å². The summed E-state index contributed by atoms with van der Waals surface area (Å²) in [4.78, 5) is 11.3. The number of hydrogen-bond acceptors (Lipinski definition) is 4. The van der Waals surface area contributed by atoms with Crippen molar-refractivity contribution in [3.8, 4) is 0 Å². The van der Waals surface area contributed by atoms with Gasteiger partial charge < -0.3 is 4.74 Å². The van der Waals surface area contributed by atoms with Gasteiger partial charge in [0.1, 0.15) is 11.4 Å². The van der Waals surface area contributed by atoms with Gasteiger partial charge in [-0.2, -0.15) is 8.42 Å².